The molecule has 1 aliphatic carbocycles. The molecule has 0 fully saturated rings. The third kappa shape index (κ3) is 3.08. The van der Waals surface area contributed by atoms with E-state index >= 15 is 0 Å². The van der Waals surface area contributed by atoms with E-state index in [2.05, 4.69) is 33.7 Å². The highest BCUT2D eigenvalue weighted by atomic mass is 32.2. The van der Waals surface area contributed by atoms with Crippen molar-refractivity contribution >= 4 is 21.6 Å². The van der Waals surface area contributed by atoms with Gasteiger partial charge in [0.05, 0.1) is 10.9 Å². The zero-order chi connectivity index (χ0) is 19.0. The van der Waals surface area contributed by atoms with Crippen LogP contribution in [0, 0.1) is 0 Å². The lowest BCUT2D eigenvalue weighted by atomic mass is 10.1. The minimum atomic E-state index is -3.53. The number of fused-ring (bicyclic) bond motifs is 2. The van der Waals surface area contributed by atoms with E-state index in [1.54, 1.807) is 22.7 Å². The van der Waals surface area contributed by atoms with Gasteiger partial charge in [-0.05, 0) is 36.1 Å². The van der Waals surface area contributed by atoms with Gasteiger partial charge >= 0.3 is 0 Å². The van der Waals surface area contributed by atoms with Gasteiger partial charge in [-0.3, -0.25) is 4.40 Å². The SMILES string of the molecule is CCN(CC)S(=O)(=O)c1ccc2nnc(N[C@@H]3CCc4ccccc43)n2c1. The average Bonchev–Trinajstić information content (AvgIpc) is 3.27. The van der Waals surface area contributed by atoms with Crippen molar-refractivity contribution in [3.8, 4) is 0 Å². The van der Waals surface area contributed by atoms with Crippen molar-refractivity contribution in [2.75, 3.05) is 18.4 Å². The molecule has 8 heteroatoms. The van der Waals surface area contributed by atoms with Crippen molar-refractivity contribution in [1.29, 1.82) is 0 Å². The summed E-state index contributed by atoms with van der Waals surface area (Å²) in [6, 6.07) is 11.8. The molecule has 0 aliphatic heterocycles. The molecule has 1 atom stereocenters. The lowest BCUT2D eigenvalue weighted by Crippen LogP contribution is -2.30. The molecule has 0 spiro atoms. The highest BCUT2D eigenvalue weighted by molar-refractivity contribution is 7.89. The molecule has 0 saturated heterocycles. The molecule has 1 N–H and O–H groups in total. The Labute approximate surface area is 159 Å². The zero-order valence-electron chi connectivity index (χ0n) is 15.5. The Hall–Kier alpha value is -2.45. The van der Waals surface area contributed by atoms with Gasteiger partial charge in [-0.2, -0.15) is 4.31 Å². The number of aromatic nitrogens is 3. The number of nitrogens with one attached hydrogen (secondary N) is 1. The first-order valence-electron chi connectivity index (χ1n) is 9.24. The predicted molar refractivity (Wildman–Crippen MR) is 104 cm³/mol. The smallest absolute Gasteiger partial charge is 0.244 e. The van der Waals surface area contributed by atoms with E-state index in [1.165, 1.54) is 15.4 Å². The number of hydrogen-bond acceptors (Lipinski definition) is 5. The van der Waals surface area contributed by atoms with Gasteiger partial charge in [-0.15, -0.1) is 10.2 Å². The molecule has 0 saturated carbocycles. The number of nitrogens with zero attached hydrogens (tertiary/aromatic N) is 4. The van der Waals surface area contributed by atoms with E-state index in [-0.39, 0.29) is 10.9 Å². The fourth-order valence-corrected chi connectivity index (χ4v) is 5.15. The molecule has 0 amide bonds. The molecule has 0 radical (unpaired) electrons. The topological polar surface area (TPSA) is 79.6 Å². The van der Waals surface area contributed by atoms with Crippen LogP contribution in [0.1, 0.15) is 37.4 Å². The monoisotopic (exact) mass is 385 g/mol. The van der Waals surface area contributed by atoms with Crippen LogP contribution in [0.2, 0.25) is 0 Å². The number of rotatable bonds is 6. The summed E-state index contributed by atoms with van der Waals surface area (Å²) in [5.41, 5.74) is 3.22. The molecule has 3 aromatic rings. The van der Waals surface area contributed by atoms with E-state index in [0.29, 0.717) is 24.7 Å². The molecular weight excluding hydrogens is 362 g/mol. The predicted octanol–water partition coefficient (Wildman–Crippen LogP) is 2.86. The van der Waals surface area contributed by atoms with Crippen molar-refractivity contribution in [2.24, 2.45) is 0 Å². The summed E-state index contributed by atoms with van der Waals surface area (Å²) in [4.78, 5) is 0.244. The van der Waals surface area contributed by atoms with Crippen molar-refractivity contribution < 1.29 is 8.42 Å². The molecule has 2 aromatic heterocycles. The fraction of sp³-hybridized carbons (Fsp3) is 0.368. The van der Waals surface area contributed by atoms with Gasteiger partial charge in [0.2, 0.25) is 16.0 Å². The van der Waals surface area contributed by atoms with Gasteiger partial charge < -0.3 is 5.32 Å². The van der Waals surface area contributed by atoms with Crippen LogP contribution in [0.4, 0.5) is 5.95 Å². The maximum absolute atomic E-state index is 12.8. The number of aryl methyl sites for hydroxylation is 1. The minimum Gasteiger partial charge on any atom is -0.347 e. The number of hydrogen-bond donors (Lipinski definition) is 1. The molecule has 0 unspecified atom stereocenters. The second kappa shape index (κ2) is 6.94. The van der Waals surface area contributed by atoms with Crippen LogP contribution >= 0.6 is 0 Å². The van der Waals surface area contributed by atoms with Gasteiger partial charge in [-0.25, -0.2) is 8.42 Å². The highest BCUT2D eigenvalue weighted by Gasteiger charge is 2.25. The molecule has 4 rings (SSSR count). The fourth-order valence-electron chi connectivity index (χ4n) is 3.70. The summed E-state index contributed by atoms with van der Waals surface area (Å²) in [6.07, 6.45) is 3.60. The largest absolute Gasteiger partial charge is 0.347 e. The van der Waals surface area contributed by atoms with Crippen LogP contribution in [0.25, 0.3) is 5.65 Å². The Morgan fingerprint density at radius 2 is 1.93 bits per heavy atom. The van der Waals surface area contributed by atoms with Crippen LogP contribution < -0.4 is 5.32 Å². The van der Waals surface area contributed by atoms with Crippen LogP contribution in [0.15, 0.2) is 47.5 Å². The molecule has 27 heavy (non-hydrogen) atoms. The standard InChI is InChI=1S/C19H23N5O2S/c1-3-23(4-2)27(25,26)15-10-12-18-21-22-19(24(18)13-15)20-17-11-9-14-7-5-6-8-16(14)17/h5-8,10,12-13,17H,3-4,9,11H2,1-2H3,(H,20,22)/t17-/m1/s1. The molecular formula is C19H23N5O2S. The van der Waals surface area contributed by atoms with Gasteiger partial charge in [0.15, 0.2) is 5.65 Å². The number of pyridine rings is 1. The van der Waals surface area contributed by atoms with Crippen molar-refractivity contribution in [3.63, 3.8) is 0 Å². The van der Waals surface area contributed by atoms with Crippen LogP contribution in [0.3, 0.4) is 0 Å². The summed E-state index contributed by atoms with van der Waals surface area (Å²) in [6.45, 7) is 4.54. The maximum atomic E-state index is 12.8. The first kappa shape index (κ1) is 17.9. The number of benzene rings is 1. The van der Waals surface area contributed by atoms with E-state index < -0.39 is 10.0 Å². The third-order valence-electron chi connectivity index (χ3n) is 5.15. The Bertz CT molecular complexity index is 1070. The highest BCUT2D eigenvalue weighted by Crippen LogP contribution is 2.33. The minimum absolute atomic E-state index is 0.150. The summed E-state index contributed by atoms with van der Waals surface area (Å²) in [7, 11) is -3.53. The lowest BCUT2D eigenvalue weighted by molar-refractivity contribution is 0.445. The third-order valence-corrected chi connectivity index (χ3v) is 7.19. The molecule has 142 valence electrons. The Morgan fingerprint density at radius 3 is 2.70 bits per heavy atom. The molecule has 2 heterocycles. The van der Waals surface area contributed by atoms with Crippen molar-refractivity contribution in [1.82, 2.24) is 18.9 Å². The van der Waals surface area contributed by atoms with Crippen molar-refractivity contribution in [2.45, 2.75) is 37.6 Å². The van der Waals surface area contributed by atoms with Gasteiger partial charge in [0.1, 0.15) is 0 Å². The Morgan fingerprint density at radius 1 is 1.15 bits per heavy atom. The zero-order valence-corrected chi connectivity index (χ0v) is 16.3. The summed E-state index contributed by atoms with van der Waals surface area (Å²) < 4.78 is 28.8. The van der Waals surface area contributed by atoms with Crippen molar-refractivity contribution in [3.05, 3.63) is 53.7 Å². The summed E-state index contributed by atoms with van der Waals surface area (Å²) in [5.74, 6) is 0.559. The van der Waals surface area contributed by atoms with Gasteiger partial charge in [-0.1, -0.05) is 38.1 Å². The molecule has 7 nitrogen and oxygen atoms in total. The van der Waals surface area contributed by atoms with Gasteiger partial charge in [0, 0.05) is 19.3 Å². The average molecular weight is 385 g/mol. The van der Waals surface area contributed by atoms with Crippen LogP contribution in [-0.2, 0) is 16.4 Å². The Balaban J connectivity index is 1.69. The van der Waals surface area contributed by atoms with Crippen LogP contribution in [0.5, 0.6) is 0 Å². The number of anilines is 1. The second-order valence-electron chi connectivity index (χ2n) is 6.64. The quantitative estimate of drug-likeness (QED) is 0.706. The number of sulfonamides is 1. The molecule has 0 bridgehead atoms. The first-order valence-corrected chi connectivity index (χ1v) is 10.7. The normalized spacial score (nSPS) is 16.8. The second-order valence-corrected chi connectivity index (χ2v) is 8.58. The van der Waals surface area contributed by atoms with Gasteiger partial charge in [0.25, 0.3) is 0 Å². The molecule has 1 aliphatic rings. The summed E-state index contributed by atoms with van der Waals surface area (Å²) >= 11 is 0. The lowest BCUT2D eigenvalue weighted by Gasteiger charge is -2.18. The maximum Gasteiger partial charge on any atom is 0.244 e. The van der Waals surface area contributed by atoms with E-state index in [9.17, 15) is 8.42 Å². The first-order chi connectivity index (χ1) is 13.0. The molecule has 1 aromatic carbocycles. The van der Waals surface area contributed by atoms with E-state index in [4.69, 9.17) is 0 Å². The van der Waals surface area contributed by atoms with E-state index in [0.717, 1.165) is 12.8 Å². The van der Waals surface area contributed by atoms with E-state index in [1.807, 2.05) is 19.9 Å². The Kier molecular flexibility index (Phi) is 4.61. The van der Waals surface area contributed by atoms with Crippen LogP contribution in [-0.4, -0.2) is 40.4 Å². The summed E-state index contributed by atoms with van der Waals surface area (Å²) in [5, 5.41) is 11.8.